The normalized spacial score (nSPS) is 22.5. The van der Waals surface area contributed by atoms with Crippen molar-refractivity contribution in [1.29, 1.82) is 0 Å². The molecule has 0 saturated carbocycles. The first kappa shape index (κ1) is 33.9. The molecule has 0 bridgehead atoms. The van der Waals surface area contributed by atoms with Crippen molar-refractivity contribution in [3.05, 3.63) is 94.1 Å². The van der Waals surface area contributed by atoms with Crippen LogP contribution in [-0.4, -0.2) is 64.8 Å². The largest absolute Gasteiger partial charge is 0.405 e. The highest BCUT2D eigenvalue weighted by Gasteiger charge is 2.50. The number of hydrogen-bond donors (Lipinski definition) is 1. The molecule has 0 aromatic heterocycles. The highest BCUT2D eigenvalue weighted by Crippen LogP contribution is 2.37. The summed E-state index contributed by atoms with van der Waals surface area (Å²) in [7, 11) is -2.45. The van der Waals surface area contributed by atoms with Crippen LogP contribution in [0.25, 0.3) is 0 Å². The van der Waals surface area contributed by atoms with Gasteiger partial charge in [0.1, 0.15) is 6.10 Å². The predicted octanol–water partition coefficient (Wildman–Crippen LogP) is 6.35. The maximum absolute atomic E-state index is 8.08. The lowest BCUT2D eigenvalue weighted by atomic mass is 10.1. The number of aliphatic hydroxyl groups is 1. The van der Waals surface area contributed by atoms with Crippen LogP contribution in [-0.2, 0) is 18.6 Å². The molecule has 224 valence electrons. The van der Waals surface area contributed by atoms with Gasteiger partial charge in [-0.2, -0.15) is 0 Å². The molecule has 3 atom stereocenters. The van der Waals surface area contributed by atoms with Gasteiger partial charge in [0.15, 0.2) is 0 Å². The second-order valence-corrected chi connectivity index (χ2v) is 16.8. The first-order valence-electron chi connectivity index (χ1n) is 14.5. The van der Waals surface area contributed by atoms with Crippen LogP contribution in [0.2, 0.25) is 5.04 Å². The topological polar surface area (TPSA) is 60.5 Å². The van der Waals surface area contributed by atoms with E-state index in [-0.39, 0.29) is 23.9 Å². The van der Waals surface area contributed by atoms with Crippen molar-refractivity contribution in [2.45, 2.75) is 70.8 Å². The van der Waals surface area contributed by atoms with E-state index in [9.17, 15) is 0 Å². The smallest absolute Gasteiger partial charge is 0.261 e. The number of benzene rings is 2. The van der Waals surface area contributed by atoms with E-state index in [0.717, 1.165) is 26.1 Å². The minimum atomic E-state index is -2.45. The van der Waals surface area contributed by atoms with Crippen LogP contribution < -0.4 is 10.4 Å². The fourth-order valence-corrected chi connectivity index (χ4v) is 10.1. The molecule has 0 radical (unpaired) electrons. The van der Waals surface area contributed by atoms with Crippen molar-refractivity contribution in [2.24, 2.45) is 0 Å². The molecule has 1 fully saturated rings. The van der Waals surface area contributed by atoms with Gasteiger partial charge in [0.25, 0.3) is 8.32 Å². The Morgan fingerprint density at radius 1 is 0.854 bits per heavy atom. The second kappa shape index (κ2) is 16.9. The first-order valence-corrected chi connectivity index (χ1v) is 17.6. The summed E-state index contributed by atoms with van der Waals surface area (Å²) in [6, 6.07) is 21.6. The number of rotatable bonds is 7. The zero-order chi connectivity index (χ0) is 29.7. The lowest BCUT2D eigenvalue weighted by Gasteiger charge is -2.43. The van der Waals surface area contributed by atoms with Crippen LogP contribution in [0.1, 0.15) is 47.5 Å². The molecule has 2 aromatic carbocycles. The van der Waals surface area contributed by atoms with Gasteiger partial charge in [-0.15, -0.1) is 0 Å². The van der Waals surface area contributed by atoms with Gasteiger partial charge in [0, 0.05) is 0 Å². The average molecular weight is 691 g/mol. The number of ether oxygens (including phenoxy) is 3. The SMILES string of the molecule is CC1=CCO[C@H](/C=C/I)C1.CC1=CCO[C@H](CO[Si](c2ccccc2)(c2ccccc2)C(C)(C)C)C1.OC[C@@H]1CO1. The van der Waals surface area contributed by atoms with Gasteiger partial charge < -0.3 is 23.7 Å². The van der Waals surface area contributed by atoms with Gasteiger partial charge in [-0.1, -0.05) is 127 Å². The summed E-state index contributed by atoms with van der Waals surface area (Å²) >= 11 is 2.22. The fraction of sp³-hybridized carbons (Fsp3) is 0.471. The molecule has 1 N–H and O–H groups in total. The standard InChI is InChI=1S/C23H30O2Si.C8H11IO.C3H6O2/c1-19-15-16-24-20(17-19)18-25-26(23(2,3)4,21-11-7-5-8-12-21)22-13-9-6-10-14-22;1-7-3-5-10-8(6-7)2-4-9;4-1-3-2-5-3/h5-15,20H,16-18H2,1-4H3;2-4,8H,5-6H2,1H3;3-4H,1-2H2/b;4-2+;/t20-;8-;3-/m011/s1. The Morgan fingerprint density at radius 3 is 1.80 bits per heavy atom. The average Bonchev–Trinajstić information content (AvgIpc) is 3.80. The van der Waals surface area contributed by atoms with E-state index in [1.165, 1.54) is 21.5 Å². The fourth-order valence-electron chi connectivity index (χ4n) is 5.07. The molecular formula is C34H47IO5Si. The highest BCUT2D eigenvalue weighted by atomic mass is 127. The minimum Gasteiger partial charge on any atom is -0.405 e. The van der Waals surface area contributed by atoms with Gasteiger partial charge in [-0.05, 0) is 52.3 Å². The summed E-state index contributed by atoms with van der Waals surface area (Å²) in [6.45, 7) is 14.3. The Labute approximate surface area is 261 Å². The Kier molecular flexibility index (Phi) is 14.0. The summed E-state index contributed by atoms with van der Waals surface area (Å²) in [5.41, 5.74) is 2.83. The van der Waals surface area contributed by atoms with Crippen molar-refractivity contribution in [3.8, 4) is 0 Å². The van der Waals surface area contributed by atoms with Gasteiger partial charge >= 0.3 is 0 Å². The van der Waals surface area contributed by atoms with Crippen molar-refractivity contribution >= 4 is 41.3 Å². The third kappa shape index (κ3) is 10.6. The molecule has 3 aliphatic rings. The van der Waals surface area contributed by atoms with E-state index >= 15 is 0 Å². The van der Waals surface area contributed by atoms with E-state index in [1.807, 2.05) is 4.08 Å². The highest BCUT2D eigenvalue weighted by molar-refractivity contribution is 14.1. The third-order valence-corrected chi connectivity index (χ3v) is 12.8. The van der Waals surface area contributed by atoms with Crippen LogP contribution in [0, 0.1) is 0 Å². The van der Waals surface area contributed by atoms with Gasteiger partial charge in [-0.25, -0.2) is 0 Å². The molecule has 0 aliphatic carbocycles. The zero-order valence-corrected chi connectivity index (χ0v) is 28.4. The first-order chi connectivity index (χ1) is 19.7. The third-order valence-electron chi connectivity index (χ3n) is 7.37. The lowest BCUT2D eigenvalue weighted by Crippen LogP contribution is -2.67. The molecule has 2 aromatic rings. The van der Waals surface area contributed by atoms with Gasteiger partial charge in [0.05, 0.1) is 45.2 Å². The molecule has 5 nitrogen and oxygen atoms in total. The molecule has 3 aliphatic heterocycles. The van der Waals surface area contributed by atoms with Crippen LogP contribution in [0.5, 0.6) is 0 Å². The van der Waals surface area contributed by atoms with Crippen LogP contribution in [0.3, 0.4) is 0 Å². The summed E-state index contributed by atoms with van der Waals surface area (Å²) < 4.78 is 24.9. The monoisotopic (exact) mass is 690 g/mol. The van der Waals surface area contributed by atoms with E-state index in [0.29, 0.717) is 19.3 Å². The molecule has 0 unspecified atom stereocenters. The zero-order valence-electron chi connectivity index (χ0n) is 25.2. The van der Waals surface area contributed by atoms with Crippen LogP contribution >= 0.6 is 22.6 Å². The van der Waals surface area contributed by atoms with Crippen molar-refractivity contribution in [3.63, 3.8) is 0 Å². The quantitative estimate of drug-likeness (QED) is 0.159. The molecule has 3 heterocycles. The summed E-state index contributed by atoms with van der Waals surface area (Å²) in [5, 5.41) is 10.7. The Balaban J connectivity index is 0.000000250. The number of hydrogen-bond acceptors (Lipinski definition) is 5. The van der Waals surface area contributed by atoms with Crippen molar-refractivity contribution in [1.82, 2.24) is 0 Å². The van der Waals surface area contributed by atoms with Gasteiger partial charge in [0.2, 0.25) is 0 Å². The molecule has 41 heavy (non-hydrogen) atoms. The van der Waals surface area contributed by atoms with E-state index in [4.69, 9.17) is 19.0 Å². The molecule has 7 heteroatoms. The maximum Gasteiger partial charge on any atom is 0.261 e. The summed E-state index contributed by atoms with van der Waals surface area (Å²) in [6.07, 6.45) is 9.06. The molecular weight excluding hydrogens is 643 g/mol. The predicted molar refractivity (Wildman–Crippen MR) is 180 cm³/mol. The number of epoxide rings is 1. The van der Waals surface area contributed by atoms with Crippen molar-refractivity contribution < 1.29 is 23.7 Å². The van der Waals surface area contributed by atoms with E-state index in [2.05, 4.69) is 141 Å². The van der Waals surface area contributed by atoms with E-state index in [1.54, 1.807) is 0 Å². The van der Waals surface area contributed by atoms with Crippen LogP contribution in [0.15, 0.2) is 94.1 Å². The number of halogens is 1. The Hall–Kier alpha value is -1.59. The molecule has 5 rings (SSSR count). The van der Waals surface area contributed by atoms with Crippen molar-refractivity contribution in [2.75, 3.05) is 33.0 Å². The number of aliphatic hydroxyl groups excluding tert-OH is 1. The molecule has 0 amide bonds. The second-order valence-electron chi connectivity index (χ2n) is 11.8. The Morgan fingerprint density at radius 2 is 1.39 bits per heavy atom. The van der Waals surface area contributed by atoms with E-state index < -0.39 is 8.32 Å². The maximum atomic E-state index is 8.08. The lowest BCUT2D eigenvalue weighted by molar-refractivity contribution is 0.0259. The summed E-state index contributed by atoms with van der Waals surface area (Å²) in [4.78, 5) is 0. The molecule has 0 spiro atoms. The Bertz CT molecular complexity index is 1080. The minimum absolute atomic E-state index is 0.00918. The van der Waals surface area contributed by atoms with Gasteiger partial charge in [-0.3, -0.25) is 0 Å². The summed E-state index contributed by atoms with van der Waals surface area (Å²) in [5.74, 6) is 0. The molecule has 1 saturated heterocycles. The van der Waals surface area contributed by atoms with Crippen LogP contribution in [0.4, 0.5) is 0 Å².